The molecule has 0 bridgehead atoms. The molecule has 5 nitrogen and oxygen atoms in total. The Bertz CT molecular complexity index is 457. The normalized spacial score (nSPS) is 16.4. The van der Waals surface area contributed by atoms with Crippen LogP contribution >= 0.6 is 0 Å². The van der Waals surface area contributed by atoms with Crippen molar-refractivity contribution in [1.29, 1.82) is 0 Å². The molecule has 2 heterocycles. The molecule has 1 aromatic heterocycles. The van der Waals surface area contributed by atoms with E-state index in [0.29, 0.717) is 0 Å². The molecule has 1 aliphatic rings. The number of carbonyl (C=O) groups excluding carboxylic acids is 1. The lowest BCUT2D eigenvalue weighted by Crippen LogP contribution is -2.43. The van der Waals surface area contributed by atoms with Crippen molar-refractivity contribution < 1.29 is 4.79 Å². The van der Waals surface area contributed by atoms with Gasteiger partial charge < -0.3 is 15.5 Å². The summed E-state index contributed by atoms with van der Waals surface area (Å²) in [6.07, 6.45) is 8.12. The molecule has 1 saturated heterocycles. The van der Waals surface area contributed by atoms with Crippen molar-refractivity contribution in [3.8, 4) is 0 Å². The van der Waals surface area contributed by atoms with Crippen LogP contribution in [0.1, 0.15) is 39.5 Å². The van der Waals surface area contributed by atoms with E-state index >= 15 is 0 Å². The fourth-order valence-electron chi connectivity index (χ4n) is 2.58. The molecule has 5 heteroatoms. The largest absolute Gasteiger partial charge is 0.384 e. The van der Waals surface area contributed by atoms with Crippen molar-refractivity contribution in [2.24, 2.45) is 0 Å². The average Bonchev–Trinajstić information content (AvgIpc) is 2.53. The van der Waals surface area contributed by atoms with Gasteiger partial charge in [0, 0.05) is 19.6 Å². The van der Waals surface area contributed by atoms with Gasteiger partial charge in [-0.05, 0) is 38.7 Å². The van der Waals surface area contributed by atoms with Crippen molar-refractivity contribution in [3.63, 3.8) is 0 Å². The number of carbonyl (C=O) groups is 1. The van der Waals surface area contributed by atoms with Gasteiger partial charge in [-0.25, -0.2) is 0 Å². The fraction of sp³-hybridized carbons (Fsp3) is 0.625. The maximum atomic E-state index is 12.4. The zero-order valence-corrected chi connectivity index (χ0v) is 13.1. The average molecular weight is 290 g/mol. The number of nitrogens with zero attached hydrogens (tertiary/aromatic N) is 2. The number of hydrogen-bond donors (Lipinski definition) is 2. The van der Waals surface area contributed by atoms with Gasteiger partial charge in [0.05, 0.1) is 23.8 Å². The van der Waals surface area contributed by atoms with Gasteiger partial charge in [-0.1, -0.05) is 6.92 Å². The maximum Gasteiger partial charge on any atom is 0.244 e. The Hall–Kier alpha value is -1.78. The monoisotopic (exact) mass is 290 g/mol. The van der Waals surface area contributed by atoms with Gasteiger partial charge >= 0.3 is 0 Å². The Morgan fingerprint density at radius 1 is 1.29 bits per heavy atom. The van der Waals surface area contributed by atoms with Crippen molar-refractivity contribution >= 4 is 17.3 Å². The molecule has 0 saturated carbocycles. The molecule has 1 aromatic rings. The van der Waals surface area contributed by atoms with Crippen LogP contribution in [-0.2, 0) is 4.79 Å². The van der Waals surface area contributed by atoms with Crippen LogP contribution < -0.4 is 10.6 Å². The van der Waals surface area contributed by atoms with Crippen molar-refractivity contribution in [2.45, 2.75) is 45.6 Å². The van der Waals surface area contributed by atoms with Crippen LogP contribution in [0.2, 0.25) is 0 Å². The van der Waals surface area contributed by atoms with Crippen molar-refractivity contribution in [2.75, 3.05) is 30.3 Å². The van der Waals surface area contributed by atoms with Gasteiger partial charge in [0.2, 0.25) is 5.91 Å². The van der Waals surface area contributed by atoms with Gasteiger partial charge in [0.25, 0.3) is 0 Å². The molecule has 1 fully saturated rings. The van der Waals surface area contributed by atoms with E-state index in [1.54, 1.807) is 12.4 Å². The van der Waals surface area contributed by atoms with Gasteiger partial charge in [-0.3, -0.25) is 9.78 Å². The fourth-order valence-corrected chi connectivity index (χ4v) is 2.58. The predicted octanol–water partition coefficient (Wildman–Crippen LogP) is 2.72. The van der Waals surface area contributed by atoms with E-state index in [1.165, 1.54) is 6.42 Å². The highest BCUT2D eigenvalue weighted by atomic mass is 16.2. The first-order valence-corrected chi connectivity index (χ1v) is 7.95. The maximum absolute atomic E-state index is 12.4. The van der Waals surface area contributed by atoms with Crippen molar-refractivity contribution in [3.05, 3.63) is 18.5 Å². The van der Waals surface area contributed by atoms with Crippen LogP contribution in [0.3, 0.4) is 0 Å². The van der Waals surface area contributed by atoms with E-state index in [0.717, 1.165) is 50.3 Å². The van der Waals surface area contributed by atoms with Crippen LogP contribution in [0, 0.1) is 0 Å². The van der Waals surface area contributed by atoms with E-state index in [9.17, 15) is 4.79 Å². The van der Waals surface area contributed by atoms with Crippen LogP contribution in [-0.4, -0.2) is 41.5 Å². The predicted molar refractivity (Wildman–Crippen MR) is 86.5 cm³/mol. The summed E-state index contributed by atoms with van der Waals surface area (Å²) < 4.78 is 0. The third-order valence-corrected chi connectivity index (χ3v) is 3.74. The molecule has 1 atom stereocenters. The molecule has 2 rings (SSSR count). The summed E-state index contributed by atoms with van der Waals surface area (Å²) in [7, 11) is 0. The summed E-state index contributed by atoms with van der Waals surface area (Å²) in [4.78, 5) is 18.6. The van der Waals surface area contributed by atoms with Crippen LogP contribution in [0.4, 0.5) is 11.4 Å². The number of piperidine rings is 1. The molecule has 1 aliphatic heterocycles. The number of pyridine rings is 1. The van der Waals surface area contributed by atoms with Crippen LogP contribution in [0.5, 0.6) is 0 Å². The molecule has 21 heavy (non-hydrogen) atoms. The van der Waals surface area contributed by atoms with Gasteiger partial charge in [-0.2, -0.15) is 0 Å². The topological polar surface area (TPSA) is 57.3 Å². The zero-order chi connectivity index (χ0) is 15.1. The quantitative estimate of drug-likeness (QED) is 0.846. The molecule has 1 unspecified atom stereocenters. The van der Waals surface area contributed by atoms with E-state index in [4.69, 9.17) is 0 Å². The Morgan fingerprint density at radius 3 is 2.71 bits per heavy atom. The third kappa shape index (κ3) is 4.62. The minimum absolute atomic E-state index is 0.182. The number of aromatic nitrogens is 1. The minimum atomic E-state index is -0.216. The van der Waals surface area contributed by atoms with E-state index < -0.39 is 0 Å². The molecule has 0 aromatic carbocycles. The number of rotatable bonds is 6. The van der Waals surface area contributed by atoms with Gasteiger partial charge in [0.15, 0.2) is 0 Å². The molecular formula is C16H26N4O. The summed E-state index contributed by atoms with van der Waals surface area (Å²) in [6, 6.07) is 1.79. The highest BCUT2D eigenvalue weighted by molar-refractivity contribution is 5.84. The number of nitrogens with one attached hydrogen (secondary N) is 2. The second-order valence-corrected chi connectivity index (χ2v) is 5.64. The first kappa shape index (κ1) is 15.6. The Morgan fingerprint density at radius 2 is 2.00 bits per heavy atom. The molecule has 1 amide bonds. The highest BCUT2D eigenvalue weighted by Gasteiger charge is 2.21. The summed E-state index contributed by atoms with van der Waals surface area (Å²) in [5.74, 6) is 0.182. The van der Waals surface area contributed by atoms with E-state index in [-0.39, 0.29) is 11.9 Å². The van der Waals surface area contributed by atoms with Crippen molar-refractivity contribution in [1.82, 2.24) is 9.88 Å². The second-order valence-electron chi connectivity index (χ2n) is 5.64. The zero-order valence-electron chi connectivity index (χ0n) is 13.1. The first-order valence-electron chi connectivity index (χ1n) is 7.95. The number of anilines is 2. The molecule has 0 aliphatic carbocycles. The van der Waals surface area contributed by atoms with Gasteiger partial charge in [0.1, 0.15) is 6.04 Å². The lowest BCUT2D eigenvalue weighted by atomic mass is 10.1. The second kappa shape index (κ2) is 7.86. The van der Waals surface area contributed by atoms with Gasteiger partial charge in [-0.15, -0.1) is 0 Å². The number of amides is 1. The molecule has 116 valence electrons. The van der Waals surface area contributed by atoms with Crippen LogP contribution in [0.15, 0.2) is 18.5 Å². The smallest absolute Gasteiger partial charge is 0.244 e. The number of likely N-dealkylation sites (tertiary alicyclic amines) is 1. The summed E-state index contributed by atoms with van der Waals surface area (Å²) in [6.45, 7) is 6.75. The molecule has 0 radical (unpaired) electrons. The number of hydrogen-bond acceptors (Lipinski definition) is 4. The minimum Gasteiger partial charge on any atom is -0.384 e. The molecular weight excluding hydrogens is 264 g/mol. The van der Waals surface area contributed by atoms with E-state index in [2.05, 4.69) is 22.5 Å². The lowest BCUT2D eigenvalue weighted by Gasteiger charge is -2.29. The standard InChI is InChI=1S/C16H26N4O/c1-3-7-18-14-10-15(12-17-11-14)19-13(2)16(21)20-8-5-4-6-9-20/h10-13,18-19H,3-9H2,1-2H3. The Balaban J connectivity index is 1.91. The highest BCUT2D eigenvalue weighted by Crippen LogP contribution is 2.16. The third-order valence-electron chi connectivity index (χ3n) is 3.74. The Kier molecular flexibility index (Phi) is 5.84. The molecule has 0 spiro atoms. The summed E-state index contributed by atoms with van der Waals surface area (Å²) in [5.41, 5.74) is 1.87. The SMILES string of the molecule is CCCNc1cncc(NC(C)C(=O)N2CCCCC2)c1. The summed E-state index contributed by atoms with van der Waals surface area (Å²) in [5, 5.41) is 6.56. The first-order chi connectivity index (χ1) is 10.2. The van der Waals surface area contributed by atoms with E-state index in [1.807, 2.05) is 17.9 Å². The lowest BCUT2D eigenvalue weighted by molar-refractivity contribution is -0.132. The Labute approximate surface area is 127 Å². The molecule has 2 N–H and O–H groups in total. The van der Waals surface area contributed by atoms with Crippen LogP contribution in [0.25, 0.3) is 0 Å². The summed E-state index contributed by atoms with van der Waals surface area (Å²) >= 11 is 0.